The van der Waals surface area contributed by atoms with E-state index in [4.69, 9.17) is 0 Å². The van der Waals surface area contributed by atoms with Gasteiger partial charge in [0.15, 0.2) is 0 Å². The summed E-state index contributed by atoms with van der Waals surface area (Å²) < 4.78 is 0. The van der Waals surface area contributed by atoms with E-state index in [1.807, 2.05) is 13.0 Å². The van der Waals surface area contributed by atoms with Crippen molar-refractivity contribution < 1.29 is 4.79 Å². The molecule has 118 valence electrons. The molecule has 1 rings (SSSR count). The maximum atomic E-state index is 12.0. The molecule has 3 nitrogen and oxygen atoms in total. The van der Waals surface area contributed by atoms with E-state index in [2.05, 4.69) is 55.7 Å². The van der Waals surface area contributed by atoms with E-state index in [0.29, 0.717) is 12.0 Å². The molecular formula is C18H30N2O. The number of benzene rings is 1. The maximum absolute atomic E-state index is 12.0. The molecular weight excluding hydrogens is 260 g/mol. The van der Waals surface area contributed by atoms with Crippen molar-refractivity contribution >= 4 is 5.91 Å². The Kier molecular flexibility index (Phi) is 8.06. The van der Waals surface area contributed by atoms with Gasteiger partial charge < -0.3 is 10.6 Å². The quantitative estimate of drug-likeness (QED) is 0.731. The Labute approximate surface area is 129 Å². The van der Waals surface area contributed by atoms with Crippen LogP contribution in [0.15, 0.2) is 30.3 Å². The molecule has 3 heteroatoms. The lowest BCUT2D eigenvalue weighted by atomic mass is 9.98. The predicted molar refractivity (Wildman–Crippen MR) is 89.5 cm³/mol. The third kappa shape index (κ3) is 6.30. The van der Waals surface area contributed by atoms with Gasteiger partial charge in [0.2, 0.25) is 5.91 Å². The van der Waals surface area contributed by atoms with Crippen molar-refractivity contribution in [2.75, 3.05) is 6.54 Å². The molecule has 0 bridgehead atoms. The van der Waals surface area contributed by atoms with Crippen LogP contribution < -0.4 is 10.6 Å². The Morgan fingerprint density at radius 2 is 1.71 bits per heavy atom. The average molecular weight is 290 g/mol. The number of hydrogen-bond acceptors (Lipinski definition) is 2. The number of carbonyl (C=O) groups excluding carboxylic acids is 1. The summed E-state index contributed by atoms with van der Waals surface area (Å²) in [5.74, 6) is 0.615. The molecule has 2 atom stereocenters. The fraction of sp³-hybridized carbons (Fsp3) is 0.611. The lowest BCUT2D eigenvalue weighted by molar-refractivity contribution is -0.123. The van der Waals surface area contributed by atoms with Gasteiger partial charge in [-0.1, -0.05) is 51.1 Å². The van der Waals surface area contributed by atoms with Crippen LogP contribution in [0.4, 0.5) is 0 Å². The highest BCUT2D eigenvalue weighted by Crippen LogP contribution is 2.17. The molecule has 2 unspecified atom stereocenters. The number of rotatable bonds is 9. The van der Waals surface area contributed by atoms with Crippen molar-refractivity contribution in [1.82, 2.24) is 10.6 Å². The van der Waals surface area contributed by atoms with Crippen LogP contribution in [0.1, 0.15) is 58.4 Å². The summed E-state index contributed by atoms with van der Waals surface area (Å²) in [6, 6.07) is 10.7. The minimum atomic E-state index is -0.131. The van der Waals surface area contributed by atoms with Gasteiger partial charge in [-0.2, -0.15) is 0 Å². The zero-order valence-electron chi connectivity index (χ0n) is 13.9. The molecule has 0 aliphatic carbocycles. The van der Waals surface area contributed by atoms with E-state index in [-0.39, 0.29) is 11.9 Å². The maximum Gasteiger partial charge on any atom is 0.237 e. The van der Waals surface area contributed by atoms with Gasteiger partial charge in [0, 0.05) is 6.04 Å². The summed E-state index contributed by atoms with van der Waals surface area (Å²) in [6.45, 7) is 9.23. The lowest BCUT2D eigenvalue weighted by Gasteiger charge is -2.20. The molecule has 21 heavy (non-hydrogen) atoms. The third-order valence-corrected chi connectivity index (χ3v) is 4.12. The molecule has 0 aliphatic heterocycles. The van der Waals surface area contributed by atoms with E-state index in [1.54, 1.807) is 0 Å². The molecule has 0 radical (unpaired) electrons. The molecule has 0 spiro atoms. The first-order valence-corrected chi connectivity index (χ1v) is 8.17. The largest absolute Gasteiger partial charge is 0.352 e. The smallest absolute Gasteiger partial charge is 0.237 e. The van der Waals surface area contributed by atoms with Crippen LogP contribution in [0.3, 0.4) is 0 Å². The first kappa shape index (κ1) is 17.7. The zero-order valence-corrected chi connectivity index (χ0v) is 13.9. The van der Waals surface area contributed by atoms with E-state index >= 15 is 0 Å². The van der Waals surface area contributed by atoms with Crippen molar-refractivity contribution in [3.8, 4) is 0 Å². The van der Waals surface area contributed by atoms with Crippen molar-refractivity contribution in [2.45, 2.75) is 65.0 Å². The van der Waals surface area contributed by atoms with Crippen molar-refractivity contribution in [3.05, 3.63) is 35.9 Å². The fourth-order valence-electron chi connectivity index (χ4n) is 2.38. The van der Waals surface area contributed by atoms with E-state index < -0.39 is 0 Å². The average Bonchev–Trinajstić information content (AvgIpc) is 2.52. The van der Waals surface area contributed by atoms with E-state index in [1.165, 1.54) is 5.56 Å². The first-order valence-electron chi connectivity index (χ1n) is 8.17. The second-order valence-corrected chi connectivity index (χ2v) is 5.80. The third-order valence-electron chi connectivity index (χ3n) is 4.12. The highest BCUT2D eigenvalue weighted by atomic mass is 16.2. The van der Waals surface area contributed by atoms with Crippen LogP contribution in [-0.4, -0.2) is 24.5 Å². The lowest BCUT2D eigenvalue weighted by Crippen LogP contribution is -2.46. The van der Waals surface area contributed by atoms with Gasteiger partial charge in [-0.05, 0) is 44.2 Å². The van der Waals surface area contributed by atoms with E-state index in [9.17, 15) is 4.79 Å². The Bertz CT molecular complexity index is 401. The molecule has 0 saturated carbocycles. The van der Waals surface area contributed by atoms with Crippen LogP contribution in [0.5, 0.6) is 0 Å². The van der Waals surface area contributed by atoms with Crippen LogP contribution in [0, 0.1) is 0 Å². The van der Waals surface area contributed by atoms with Gasteiger partial charge in [0.1, 0.15) is 0 Å². The van der Waals surface area contributed by atoms with Gasteiger partial charge in [0.05, 0.1) is 6.04 Å². The Morgan fingerprint density at radius 3 is 2.29 bits per heavy atom. The van der Waals surface area contributed by atoms with Crippen molar-refractivity contribution in [1.29, 1.82) is 0 Å². The van der Waals surface area contributed by atoms with Crippen LogP contribution >= 0.6 is 0 Å². The minimum Gasteiger partial charge on any atom is -0.352 e. The number of hydrogen-bond donors (Lipinski definition) is 2. The van der Waals surface area contributed by atoms with Gasteiger partial charge in [-0.3, -0.25) is 4.79 Å². The van der Waals surface area contributed by atoms with Gasteiger partial charge in [-0.25, -0.2) is 0 Å². The number of amides is 1. The summed E-state index contributed by atoms with van der Waals surface area (Å²) in [5.41, 5.74) is 1.36. The predicted octanol–water partition coefficient (Wildman–Crippen LogP) is 3.46. The summed E-state index contributed by atoms with van der Waals surface area (Å²) in [7, 11) is 0. The first-order chi connectivity index (χ1) is 10.1. The van der Waals surface area contributed by atoms with Crippen LogP contribution in [0.25, 0.3) is 0 Å². The Balaban J connectivity index is 2.29. The molecule has 0 aliphatic rings. The Morgan fingerprint density at radius 1 is 1.10 bits per heavy atom. The zero-order chi connectivity index (χ0) is 15.7. The van der Waals surface area contributed by atoms with Crippen LogP contribution in [0.2, 0.25) is 0 Å². The van der Waals surface area contributed by atoms with E-state index in [0.717, 1.165) is 25.8 Å². The van der Waals surface area contributed by atoms with Crippen molar-refractivity contribution in [3.63, 3.8) is 0 Å². The molecule has 1 aromatic carbocycles. The van der Waals surface area contributed by atoms with Crippen LogP contribution in [-0.2, 0) is 4.79 Å². The second-order valence-electron chi connectivity index (χ2n) is 5.80. The normalized spacial score (nSPS) is 14.0. The molecule has 1 aromatic rings. The Hall–Kier alpha value is -1.35. The number of nitrogens with one attached hydrogen (secondary N) is 2. The SMILES string of the molecule is CCC(CC)NC(=O)C(C)NCCC(C)c1ccccc1. The molecule has 2 N–H and O–H groups in total. The summed E-state index contributed by atoms with van der Waals surface area (Å²) in [6.07, 6.45) is 3.01. The topological polar surface area (TPSA) is 41.1 Å². The standard InChI is InChI=1S/C18H30N2O/c1-5-17(6-2)20-18(21)15(4)19-13-12-14(3)16-10-8-7-9-11-16/h7-11,14-15,17,19H,5-6,12-13H2,1-4H3,(H,20,21). The summed E-state index contributed by atoms with van der Waals surface area (Å²) >= 11 is 0. The monoisotopic (exact) mass is 290 g/mol. The minimum absolute atomic E-state index is 0.107. The number of carbonyl (C=O) groups is 1. The molecule has 0 aromatic heterocycles. The van der Waals surface area contributed by atoms with Crippen molar-refractivity contribution in [2.24, 2.45) is 0 Å². The van der Waals surface area contributed by atoms with Gasteiger partial charge in [-0.15, -0.1) is 0 Å². The highest BCUT2D eigenvalue weighted by Gasteiger charge is 2.15. The molecule has 0 saturated heterocycles. The highest BCUT2D eigenvalue weighted by molar-refractivity contribution is 5.81. The summed E-state index contributed by atoms with van der Waals surface area (Å²) in [5, 5.41) is 6.41. The molecule has 0 fully saturated rings. The molecule has 1 amide bonds. The molecule has 0 heterocycles. The van der Waals surface area contributed by atoms with Gasteiger partial charge >= 0.3 is 0 Å². The van der Waals surface area contributed by atoms with Gasteiger partial charge in [0.25, 0.3) is 0 Å². The summed E-state index contributed by atoms with van der Waals surface area (Å²) in [4.78, 5) is 12.0. The second kappa shape index (κ2) is 9.56. The fourth-order valence-corrected chi connectivity index (χ4v) is 2.38.